The molecule has 0 radical (unpaired) electrons. The maximum absolute atomic E-state index is 13.1. The third kappa shape index (κ3) is 3.12. The van der Waals surface area contributed by atoms with E-state index in [1.165, 1.54) is 12.1 Å². The Morgan fingerprint density at radius 2 is 1.65 bits per heavy atom. The number of Topliss-reactive ketones (excluding diaryl/α,β-unsaturated/α-hetero) is 1. The zero-order valence-corrected chi connectivity index (χ0v) is 15.4. The molecule has 5 nitrogen and oxygen atoms in total. The molecule has 0 atom stereocenters. The number of carbonyl (C=O) groups excluding carboxylic acids is 1. The average molecular weight is 371 g/mol. The monoisotopic (exact) mass is 371 g/mol. The van der Waals surface area contributed by atoms with E-state index in [0.717, 1.165) is 17.1 Å². The van der Waals surface area contributed by atoms with E-state index in [4.69, 9.17) is 0 Å². The summed E-state index contributed by atoms with van der Waals surface area (Å²) in [5, 5.41) is 10.8. The molecule has 0 saturated carbocycles. The molecule has 6 heteroatoms. The number of ketones is 1. The van der Waals surface area contributed by atoms with Gasteiger partial charge in [0.05, 0.1) is 4.90 Å². The first-order valence-corrected chi connectivity index (χ1v) is 10.1. The van der Waals surface area contributed by atoms with Gasteiger partial charge in [-0.15, -0.1) is 0 Å². The molecule has 0 spiro atoms. The number of aliphatic hydroxyl groups excluding tert-OH is 1. The van der Waals surface area contributed by atoms with Gasteiger partial charge in [-0.25, -0.2) is 8.42 Å². The van der Waals surface area contributed by atoms with Gasteiger partial charge in [-0.05, 0) is 18.6 Å². The van der Waals surface area contributed by atoms with Crippen LogP contribution in [0.2, 0.25) is 0 Å². The van der Waals surface area contributed by atoms with Gasteiger partial charge in [0, 0.05) is 17.7 Å². The Labute approximate surface area is 153 Å². The quantitative estimate of drug-likeness (QED) is 0.490. The van der Waals surface area contributed by atoms with E-state index < -0.39 is 15.8 Å². The van der Waals surface area contributed by atoms with Crippen LogP contribution >= 0.6 is 0 Å². The number of rotatable bonds is 5. The molecule has 2 aromatic rings. The number of benzene rings is 2. The lowest BCUT2D eigenvalue weighted by atomic mass is 10.0. The van der Waals surface area contributed by atoms with Gasteiger partial charge in [-0.3, -0.25) is 9.10 Å². The maximum atomic E-state index is 13.1. The van der Waals surface area contributed by atoms with Gasteiger partial charge >= 0.3 is 0 Å². The molecule has 0 fully saturated rings. The third-order valence-electron chi connectivity index (χ3n) is 4.40. The van der Waals surface area contributed by atoms with Gasteiger partial charge in [0.2, 0.25) is 5.78 Å². The van der Waals surface area contributed by atoms with Crippen molar-refractivity contribution in [3.8, 4) is 0 Å². The molecule has 0 aromatic heterocycles. The molecule has 0 saturated heterocycles. The molecule has 2 aromatic carbocycles. The smallest absolute Gasteiger partial charge is 0.265 e. The molecule has 1 heterocycles. The summed E-state index contributed by atoms with van der Waals surface area (Å²) in [5.41, 5.74) is 0.327. The lowest BCUT2D eigenvalue weighted by Crippen LogP contribution is -2.40. The Morgan fingerprint density at radius 3 is 2.35 bits per heavy atom. The average Bonchev–Trinajstić information content (AvgIpc) is 2.66. The normalized spacial score (nSPS) is 17.7. The van der Waals surface area contributed by atoms with Crippen LogP contribution in [0.5, 0.6) is 0 Å². The molecular weight excluding hydrogens is 350 g/mol. The van der Waals surface area contributed by atoms with Gasteiger partial charge in [0.25, 0.3) is 10.0 Å². The number of carbonyl (C=O) groups is 1. The minimum atomic E-state index is -3.90. The van der Waals surface area contributed by atoms with Crippen LogP contribution in [0, 0.1) is 0 Å². The standard InChI is InChI=1S/C20H21NO4S/c1-2-3-9-14-21-18(19(22)15-10-5-4-6-11-15)20(23)16-12-7-8-13-17(16)26(21,24)25/h4-8,10-13,22H,2-3,9,14H2,1H3/b19-18+. The molecule has 3 rings (SSSR count). The number of allylic oxidation sites excluding steroid dienone is 1. The van der Waals surface area contributed by atoms with Crippen molar-refractivity contribution in [2.24, 2.45) is 0 Å². The van der Waals surface area contributed by atoms with Crippen molar-refractivity contribution in [3.63, 3.8) is 0 Å². The summed E-state index contributed by atoms with van der Waals surface area (Å²) in [6.45, 7) is 2.17. The number of sulfonamides is 1. The number of fused-ring (bicyclic) bond motifs is 1. The molecule has 0 aliphatic carbocycles. The fourth-order valence-electron chi connectivity index (χ4n) is 3.05. The molecule has 1 N–H and O–H groups in total. The minimum absolute atomic E-state index is 0.00823. The second-order valence-electron chi connectivity index (χ2n) is 6.17. The van der Waals surface area contributed by atoms with Crippen molar-refractivity contribution in [2.75, 3.05) is 6.54 Å². The molecule has 26 heavy (non-hydrogen) atoms. The van der Waals surface area contributed by atoms with E-state index in [-0.39, 0.29) is 28.5 Å². The first-order chi connectivity index (χ1) is 12.5. The first-order valence-electron chi connectivity index (χ1n) is 8.63. The predicted octanol–water partition coefficient (Wildman–Crippen LogP) is 3.99. The lowest BCUT2D eigenvalue weighted by Gasteiger charge is -2.31. The first kappa shape index (κ1) is 18.2. The fraction of sp³-hybridized carbons (Fsp3) is 0.250. The van der Waals surface area contributed by atoms with E-state index >= 15 is 0 Å². The third-order valence-corrected chi connectivity index (χ3v) is 6.26. The van der Waals surface area contributed by atoms with Crippen LogP contribution in [-0.4, -0.2) is 30.2 Å². The van der Waals surface area contributed by atoms with Gasteiger partial charge in [0.15, 0.2) is 5.76 Å². The zero-order valence-electron chi connectivity index (χ0n) is 14.6. The Balaban J connectivity index is 2.21. The highest BCUT2D eigenvalue weighted by atomic mass is 32.2. The van der Waals surface area contributed by atoms with Crippen molar-refractivity contribution in [1.82, 2.24) is 4.31 Å². The number of aliphatic hydroxyl groups is 1. The van der Waals surface area contributed by atoms with Crippen LogP contribution in [-0.2, 0) is 10.0 Å². The number of hydrogen-bond donors (Lipinski definition) is 1. The summed E-state index contributed by atoms with van der Waals surface area (Å²) in [4.78, 5) is 13.0. The Morgan fingerprint density at radius 1 is 1.00 bits per heavy atom. The summed E-state index contributed by atoms with van der Waals surface area (Å²) < 4.78 is 27.3. The van der Waals surface area contributed by atoms with Crippen molar-refractivity contribution >= 4 is 21.6 Å². The fourth-order valence-corrected chi connectivity index (χ4v) is 4.76. The summed E-state index contributed by atoms with van der Waals surface area (Å²) in [7, 11) is -3.90. The number of unbranched alkanes of at least 4 members (excludes halogenated alkanes) is 2. The second-order valence-corrected chi connectivity index (χ2v) is 8.00. The lowest BCUT2D eigenvalue weighted by molar-refractivity contribution is 0.0998. The molecule has 0 unspecified atom stereocenters. The maximum Gasteiger partial charge on any atom is 0.265 e. The molecule has 1 aliphatic rings. The van der Waals surface area contributed by atoms with E-state index in [1.807, 2.05) is 6.92 Å². The summed E-state index contributed by atoms with van der Waals surface area (Å²) in [6.07, 6.45) is 2.36. The molecular formula is C20H21NO4S. The van der Waals surface area contributed by atoms with Crippen LogP contribution in [0.1, 0.15) is 42.1 Å². The Bertz CT molecular complexity index is 949. The Kier molecular flexibility index (Phi) is 5.13. The second kappa shape index (κ2) is 7.33. The Hall–Kier alpha value is -2.60. The van der Waals surface area contributed by atoms with Crippen LogP contribution in [0.4, 0.5) is 0 Å². The molecule has 0 amide bonds. The van der Waals surface area contributed by atoms with E-state index in [2.05, 4.69) is 0 Å². The van der Waals surface area contributed by atoms with Crippen molar-refractivity contribution < 1.29 is 18.3 Å². The number of hydrogen-bond acceptors (Lipinski definition) is 4. The van der Waals surface area contributed by atoms with Gasteiger partial charge in [0.1, 0.15) is 5.70 Å². The van der Waals surface area contributed by atoms with E-state index in [0.29, 0.717) is 12.0 Å². The van der Waals surface area contributed by atoms with Gasteiger partial charge < -0.3 is 5.11 Å². The largest absolute Gasteiger partial charge is 0.505 e. The highest BCUT2D eigenvalue weighted by Gasteiger charge is 2.41. The van der Waals surface area contributed by atoms with Crippen LogP contribution < -0.4 is 0 Å². The molecule has 1 aliphatic heterocycles. The number of nitrogens with zero attached hydrogens (tertiary/aromatic N) is 1. The highest BCUT2D eigenvalue weighted by molar-refractivity contribution is 7.89. The van der Waals surface area contributed by atoms with Crippen LogP contribution in [0.3, 0.4) is 0 Å². The SMILES string of the molecule is CCCCCN1/C(=C(/O)c2ccccc2)C(=O)c2ccccc2S1(=O)=O. The minimum Gasteiger partial charge on any atom is -0.505 e. The highest BCUT2D eigenvalue weighted by Crippen LogP contribution is 2.35. The predicted molar refractivity (Wildman–Crippen MR) is 100 cm³/mol. The topological polar surface area (TPSA) is 74.7 Å². The van der Waals surface area contributed by atoms with Crippen LogP contribution in [0.15, 0.2) is 65.2 Å². The molecule has 0 bridgehead atoms. The van der Waals surface area contributed by atoms with Gasteiger partial charge in [-0.2, -0.15) is 0 Å². The van der Waals surface area contributed by atoms with Crippen molar-refractivity contribution in [2.45, 2.75) is 31.1 Å². The summed E-state index contributed by atoms with van der Waals surface area (Å²) in [5.74, 6) is -0.793. The zero-order chi connectivity index (χ0) is 18.7. The molecule has 136 valence electrons. The van der Waals surface area contributed by atoms with E-state index in [9.17, 15) is 18.3 Å². The van der Waals surface area contributed by atoms with Crippen molar-refractivity contribution in [1.29, 1.82) is 0 Å². The van der Waals surface area contributed by atoms with Crippen molar-refractivity contribution in [3.05, 3.63) is 71.4 Å². The summed E-state index contributed by atoms with van der Waals surface area (Å²) in [6, 6.07) is 14.7. The van der Waals surface area contributed by atoms with Gasteiger partial charge in [-0.1, -0.05) is 62.2 Å². The van der Waals surface area contributed by atoms with Crippen LogP contribution in [0.25, 0.3) is 5.76 Å². The summed E-state index contributed by atoms with van der Waals surface area (Å²) >= 11 is 0. The van der Waals surface area contributed by atoms with E-state index in [1.54, 1.807) is 42.5 Å².